The van der Waals surface area contributed by atoms with Gasteiger partial charge in [-0.25, -0.2) is 0 Å². The molecular formula is C15H15NO. The molecule has 2 nitrogen and oxygen atoms in total. The molecule has 0 spiro atoms. The van der Waals surface area contributed by atoms with Crippen molar-refractivity contribution in [2.24, 2.45) is 0 Å². The standard InChI is InChI=1S/C15H15NO/c1-17-13-6-2-5-12(10-13)15-9-8-11-4-3-7-14(11)16-15/h2,5-6,8-10H,3-4,7H2,1H3. The van der Waals surface area contributed by atoms with Crippen LogP contribution in [0.15, 0.2) is 36.4 Å². The van der Waals surface area contributed by atoms with Gasteiger partial charge in [0, 0.05) is 11.3 Å². The Kier molecular flexibility index (Phi) is 2.56. The van der Waals surface area contributed by atoms with Crippen LogP contribution < -0.4 is 4.74 Å². The number of ether oxygens (including phenoxy) is 1. The molecule has 0 saturated heterocycles. The molecule has 0 N–H and O–H groups in total. The zero-order chi connectivity index (χ0) is 11.7. The van der Waals surface area contributed by atoms with E-state index in [4.69, 9.17) is 9.72 Å². The van der Waals surface area contributed by atoms with Gasteiger partial charge in [0.1, 0.15) is 5.75 Å². The van der Waals surface area contributed by atoms with Crippen molar-refractivity contribution in [3.05, 3.63) is 47.7 Å². The Morgan fingerprint density at radius 2 is 2.06 bits per heavy atom. The molecule has 86 valence electrons. The second kappa shape index (κ2) is 4.21. The normalized spacial score (nSPS) is 13.5. The number of aryl methyl sites for hydroxylation is 2. The van der Waals surface area contributed by atoms with Crippen LogP contribution in [0.2, 0.25) is 0 Å². The van der Waals surface area contributed by atoms with E-state index in [1.807, 2.05) is 18.2 Å². The van der Waals surface area contributed by atoms with Crippen molar-refractivity contribution in [2.75, 3.05) is 7.11 Å². The molecule has 1 aromatic heterocycles. The van der Waals surface area contributed by atoms with Crippen LogP contribution in [0.25, 0.3) is 11.3 Å². The first-order valence-corrected chi connectivity index (χ1v) is 6.00. The third-order valence-corrected chi connectivity index (χ3v) is 3.29. The van der Waals surface area contributed by atoms with Crippen molar-refractivity contribution >= 4 is 0 Å². The number of pyridine rings is 1. The number of rotatable bonds is 2. The molecule has 1 aliphatic carbocycles. The fourth-order valence-electron chi connectivity index (χ4n) is 2.36. The number of hydrogen-bond donors (Lipinski definition) is 0. The first kappa shape index (κ1) is 10.3. The minimum atomic E-state index is 0.879. The number of nitrogens with zero attached hydrogens (tertiary/aromatic N) is 1. The maximum Gasteiger partial charge on any atom is 0.119 e. The number of hydrogen-bond acceptors (Lipinski definition) is 2. The predicted octanol–water partition coefficient (Wildman–Crippen LogP) is 3.25. The van der Waals surface area contributed by atoms with Gasteiger partial charge in [-0.3, -0.25) is 4.98 Å². The highest BCUT2D eigenvalue weighted by atomic mass is 16.5. The molecule has 2 heteroatoms. The largest absolute Gasteiger partial charge is 0.497 e. The average molecular weight is 225 g/mol. The topological polar surface area (TPSA) is 22.1 Å². The lowest BCUT2D eigenvalue weighted by Crippen LogP contribution is -1.91. The van der Waals surface area contributed by atoms with Gasteiger partial charge in [-0.15, -0.1) is 0 Å². The zero-order valence-electron chi connectivity index (χ0n) is 9.94. The van der Waals surface area contributed by atoms with Crippen molar-refractivity contribution < 1.29 is 4.74 Å². The zero-order valence-corrected chi connectivity index (χ0v) is 9.94. The van der Waals surface area contributed by atoms with Crippen molar-refractivity contribution in [2.45, 2.75) is 19.3 Å². The van der Waals surface area contributed by atoms with Gasteiger partial charge in [0.2, 0.25) is 0 Å². The van der Waals surface area contributed by atoms with Gasteiger partial charge < -0.3 is 4.74 Å². The molecule has 0 amide bonds. The predicted molar refractivity (Wildman–Crippen MR) is 68.3 cm³/mol. The number of aromatic nitrogens is 1. The van der Waals surface area contributed by atoms with Gasteiger partial charge in [0.15, 0.2) is 0 Å². The molecule has 0 radical (unpaired) electrons. The van der Waals surface area contributed by atoms with Crippen molar-refractivity contribution in [3.63, 3.8) is 0 Å². The van der Waals surface area contributed by atoms with E-state index in [0.717, 1.165) is 23.4 Å². The lowest BCUT2D eigenvalue weighted by atomic mass is 10.1. The Morgan fingerprint density at radius 3 is 2.94 bits per heavy atom. The molecule has 1 heterocycles. The fourth-order valence-corrected chi connectivity index (χ4v) is 2.36. The highest BCUT2D eigenvalue weighted by Crippen LogP contribution is 2.26. The molecule has 2 aromatic rings. The Balaban J connectivity index is 2.03. The van der Waals surface area contributed by atoms with Gasteiger partial charge in [0.05, 0.1) is 12.8 Å². The van der Waals surface area contributed by atoms with E-state index in [0.29, 0.717) is 0 Å². The van der Waals surface area contributed by atoms with Crippen LogP contribution in [-0.2, 0) is 12.8 Å². The molecule has 0 atom stereocenters. The number of benzene rings is 1. The highest BCUT2D eigenvalue weighted by molar-refractivity contribution is 5.61. The Labute approximate surface area is 101 Å². The average Bonchev–Trinajstić information content (AvgIpc) is 2.86. The highest BCUT2D eigenvalue weighted by Gasteiger charge is 2.13. The van der Waals surface area contributed by atoms with Crippen LogP contribution in [-0.4, -0.2) is 12.1 Å². The smallest absolute Gasteiger partial charge is 0.119 e. The van der Waals surface area contributed by atoms with Crippen molar-refractivity contribution in [1.82, 2.24) is 4.98 Å². The van der Waals surface area contributed by atoms with Crippen LogP contribution in [0.4, 0.5) is 0 Å². The summed E-state index contributed by atoms with van der Waals surface area (Å²) in [6.07, 6.45) is 3.54. The van der Waals surface area contributed by atoms with E-state index >= 15 is 0 Å². The second-order valence-corrected chi connectivity index (χ2v) is 4.39. The molecule has 0 unspecified atom stereocenters. The third kappa shape index (κ3) is 1.91. The van der Waals surface area contributed by atoms with Crippen LogP contribution in [0.3, 0.4) is 0 Å². The van der Waals surface area contributed by atoms with Gasteiger partial charge in [-0.2, -0.15) is 0 Å². The van der Waals surface area contributed by atoms with Crippen molar-refractivity contribution in [3.8, 4) is 17.0 Å². The summed E-state index contributed by atoms with van der Waals surface area (Å²) in [5, 5.41) is 0. The molecule has 0 fully saturated rings. The summed E-state index contributed by atoms with van der Waals surface area (Å²) in [6.45, 7) is 0. The minimum Gasteiger partial charge on any atom is -0.497 e. The van der Waals surface area contributed by atoms with Gasteiger partial charge >= 0.3 is 0 Å². The molecule has 1 aromatic carbocycles. The van der Waals surface area contributed by atoms with E-state index in [1.165, 1.54) is 24.1 Å². The lowest BCUT2D eigenvalue weighted by Gasteiger charge is -2.06. The van der Waals surface area contributed by atoms with Crippen molar-refractivity contribution in [1.29, 1.82) is 0 Å². The maximum atomic E-state index is 5.24. The summed E-state index contributed by atoms with van der Waals surface area (Å²) in [7, 11) is 1.69. The Hall–Kier alpha value is -1.83. The molecule has 0 bridgehead atoms. The van der Waals surface area contributed by atoms with E-state index in [9.17, 15) is 0 Å². The third-order valence-electron chi connectivity index (χ3n) is 3.29. The fraction of sp³-hybridized carbons (Fsp3) is 0.267. The molecule has 0 saturated carbocycles. The first-order chi connectivity index (χ1) is 8.36. The molecular weight excluding hydrogens is 210 g/mol. The lowest BCUT2D eigenvalue weighted by molar-refractivity contribution is 0.415. The summed E-state index contributed by atoms with van der Waals surface area (Å²) in [5.74, 6) is 0.879. The Bertz CT molecular complexity index is 548. The quantitative estimate of drug-likeness (QED) is 0.782. The molecule has 17 heavy (non-hydrogen) atoms. The van der Waals surface area contributed by atoms with Gasteiger partial charge in [-0.05, 0) is 43.0 Å². The van der Waals surface area contributed by atoms with E-state index in [2.05, 4.69) is 18.2 Å². The first-order valence-electron chi connectivity index (χ1n) is 6.00. The molecule has 1 aliphatic rings. The molecule has 0 aliphatic heterocycles. The monoisotopic (exact) mass is 225 g/mol. The van der Waals surface area contributed by atoms with E-state index < -0.39 is 0 Å². The summed E-state index contributed by atoms with van der Waals surface area (Å²) < 4.78 is 5.24. The second-order valence-electron chi connectivity index (χ2n) is 4.39. The van der Waals surface area contributed by atoms with E-state index in [1.54, 1.807) is 7.11 Å². The van der Waals surface area contributed by atoms with Crippen LogP contribution in [0.1, 0.15) is 17.7 Å². The summed E-state index contributed by atoms with van der Waals surface area (Å²) in [5.41, 5.74) is 4.85. The summed E-state index contributed by atoms with van der Waals surface area (Å²) in [4.78, 5) is 4.74. The molecule has 3 rings (SSSR count). The van der Waals surface area contributed by atoms with Crippen LogP contribution in [0, 0.1) is 0 Å². The van der Waals surface area contributed by atoms with Gasteiger partial charge in [-0.1, -0.05) is 18.2 Å². The summed E-state index contributed by atoms with van der Waals surface area (Å²) in [6, 6.07) is 12.4. The summed E-state index contributed by atoms with van der Waals surface area (Å²) >= 11 is 0. The van der Waals surface area contributed by atoms with Crippen LogP contribution in [0.5, 0.6) is 5.75 Å². The maximum absolute atomic E-state index is 5.24. The SMILES string of the molecule is COc1cccc(-c2ccc3c(n2)CCC3)c1. The van der Waals surface area contributed by atoms with Gasteiger partial charge in [0.25, 0.3) is 0 Å². The van der Waals surface area contributed by atoms with E-state index in [-0.39, 0.29) is 0 Å². The minimum absolute atomic E-state index is 0.879. The van der Waals surface area contributed by atoms with Crippen LogP contribution >= 0.6 is 0 Å². The number of fused-ring (bicyclic) bond motifs is 1. The Morgan fingerprint density at radius 1 is 1.12 bits per heavy atom. The number of methoxy groups -OCH3 is 1.